The first-order valence-electron chi connectivity index (χ1n) is 7.39. The maximum absolute atomic E-state index is 5.90. The Bertz CT molecular complexity index is 570. The summed E-state index contributed by atoms with van der Waals surface area (Å²) in [5, 5.41) is 5.91. The third-order valence-electron chi connectivity index (χ3n) is 4.01. The smallest absolute Gasteiger partial charge is 0.120 e. The van der Waals surface area contributed by atoms with Crippen LogP contribution in [0.15, 0.2) is 42.5 Å². The molecular formula is C17H22N2O. The first kappa shape index (κ1) is 13.4. The normalized spacial score (nSPS) is 20.1. The van der Waals surface area contributed by atoms with E-state index < -0.39 is 0 Å². The van der Waals surface area contributed by atoms with Crippen LogP contribution in [0.1, 0.15) is 6.92 Å². The molecule has 0 aromatic heterocycles. The van der Waals surface area contributed by atoms with Crippen molar-refractivity contribution in [1.82, 2.24) is 10.2 Å². The SMILES string of the molecule is CC1CNCCN1CCOc1ccc2ccccc2c1. The van der Waals surface area contributed by atoms with Gasteiger partial charge in [-0.3, -0.25) is 4.90 Å². The van der Waals surface area contributed by atoms with E-state index in [9.17, 15) is 0 Å². The highest BCUT2D eigenvalue weighted by molar-refractivity contribution is 5.83. The van der Waals surface area contributed by atoms with Crippen molar-refractivity contribution in [3.8, 4) is 5.75 Å². The van der Waals surface area contributed by atoms with E-state index in [0.29, 0.717) is 6.04 Å². The molecule has 0 saturated carbocycles. The lowest BCUT2D eigenvalue weighted by Gasteiger charge is -2.33. The Morgan fingerprint density at radius 3 is 2.90 bits per heavy atom. The first-order valence-corrected chi connectivity index (χ1v) is 7.39. The Balaban J connectivity index is 1.56. The molecule has 3 nitrogen and oxygen atoms in total. The Labute approximate surface area is 120 Å². The van der Waals surface area contributed by atoms with Gasteiger partial charge in [0.25, 0.3) is 0 Å². The van der Waals surface area contributed by atoms with Crippen molar-refractivity contribution in [2.75, 3.05) is 32.8 Å². The monoisotopic (exact) mass is 270 g/mol. The van der Waals surface area contributed by atoms with Crippen molar-refractivity contribution in [3.63, 3.8) is 0 Å². The highest BCUT2D eigenvalue weighted by atomic mass is 16.5. The van der Waals surface area contributed by atoms with Crippen molar-refractivity contribution in [2.45, 2.75) is 13.0 Å². The second kappa shape index (κ2) is 6.25. The van der Waals surface area contributed by atoms with E-state index in [-0.39, 0.29) is 0 Å². The summed E-state index contributed by atoms with van der Waals surface area (Å²) in [7, 11) is 0. The van der Waals surface area contributed by atoms with Gasteiger partial charge >= 0.3 is 0 Å². The third-order valence-corrected chi connectivity index (χ3v) is 4.01. The van der Waals surface area contributed by atoms with E-state index >= 15 is 0 Å². The van der Waals surface area contributed by atoms with E-state index in [1.54, 1.807) is 0 Å². The molecule has 1 heterocycles. The van der Waals surface area contributed by atoms with E-state index in [4.69, 9.17) is 4.74 Å². The molecule has 0 amide bonds. The second-order valence-corrected chi connectivity index (χ2v) is 5.45. The number of hydrogen-bond donors (Lipinski definition) is 1. The zero-order valence-corrected chi connectivity index (χ0v) is 12.0. The summed E-state index contributed by atoms with van der Waals surface area (Å²) in [6, 6.07) is 15.3. The molecule has 0 aliphatic carbocycles. The molecule has 1 aliphatic heterocycles. The summed E-state index contributed by atoms with van der Waals surface area (Å²) in [5.41, 5.74) is 0. The zero-order chi connectivity index (χ0) is 13.8. The predicted molar refractivity (Wildman–Crippen MR) is 83.3 cm³/mol. The van der Waals surface area contributed by atoms with Gasteiger partial charge in [-0.15, -0.1) is 0 Å². The van der Waals surface area contributed by atoms with Gasteiger partial charge in [-0.25, -0.2) is 0 Å². The van der Waals surface area contributed by atoms with Gasteiger partial charge in [-0.05, 0) is 29.8 Å². The fourth-order valence-corrected chi connectivity index (χ4v) is 2.75. The molecule has 2 aromatic carbocycles. The summed E-state index contributed by atoms with van der Waals surface area (Å²) in [6.07, 6.45) is 0. The topological polar surface area (TPSA) is 24.5 Å². The van der Waals surface area contributed by atoms with Crippen LogP contribution < -0.4 is 10.1 Å². The highest BCUT2D eigenvalue weighted by Crippen LogP contribution is 2.20. The Hall–Kier alpha value is -1.58. The predicted octanol–water partition coefficient (Wildman–Crippen LogP) is 2.51. The average Bonchev–Trinajstić information content (AvgIpc) is 2.49. The van der Waals surface area contributed by atoms with Gasteiger partial charge < -0.3 is 10.1 Å². The molecule has 1 N–H and O–H groups in total. The van der Waals surface area contributed by atoms with Crippen LogP contribution in [0.4, 0.5) is 0 Å². The Kier molecular flexibility index (Phi) is 4.19. The van der Waals surface area contributed by atoms with E-state index in [0.717, 1.165) is 38.5 Å². The standard InChI is InChI=1S/C17H22N2O/c1-14-13-18-8-9-19(14)10-11-20-17-7-6-15-4-2-3-5-16(15)12-17/h2-7,12,14,18H,8-11,13H2,1H3. The van der Waals surface area contributed by atoms with Crippen LogP contribution in [0.5, 0.6) is 5.75 Å². The maximum atomic E-state index is 5.90. The summed E-state index contributed by atoms with van der Waals surface area (Å²) >= 11 is 0. The van der Waals surface area contributed by atoms with Crippen LogP contribution in [0, 0.1) is 0 Å². The van der Waals surface area contributed by atoms with Crippen molar-refractivity contribution < 1.29 is 4.74 Å². The summed E-state index contributed by atoms with van der Waals surface area (Å²) in [5.74, 6) is 0.964. The number of rotatable bonds is 4. The van der Waals surface area contributed by atoms with Gasteiger partial charge in [0.2, 0.25) is 0 Å². The molecular weight excluding hydrogens is 248 g/mol. The quantitative estimate of drug-likeness (QED) is 0.924. The lowest BCUT2D eigenvalue weighted by molar-refractivity contribution is 0.143. The van der Waals surface area contributed by atoms with Crippen LogP contribution in [0.25, 0.3) is 10.8 Å². The first-order chi connectivity index (χ1) is 9.83. The van der Waals surface area contributed by atoms with Gasteiger partial charge in [0.1, 0.15) is 12.4 Å². The van der Waals surface area contributed by atoms with Crippen molar-refractivity contribution >= 4 is 10.8 Å². The van der Waals surface area contributed by atoms with Crippen molar-refractivity contribution in [3.05, 3.63) is 42.5 Å². The lowest BCUT2D eigenvalue weighted by Crippen LogP contribution is -2.50. The van der Waals surface area contributed by atoms with Crippen LogP contribution in [-0.2, 0) is 0 Å². The minimum absolute atomic E-state index is 0.601. The summed E-state index contributed by atoms with van der Waals surface area (Å²) < 4.78 is 5.90. The largest absolute Gasteiger partial charge is 0.492 e. The second-order valence-electron chi connectivity index (χ2n) is 5.45. The van der Waals surface area contributed by atoms with Crippen LogP contribution in [0.3, 0.4) is 0 Å². The molecule has 3 rings (SSSR count). The average molecular weight is 270 g/mol. The Morgan fingerprint density at radius 1 is 1.20 bits per heavy atom. The number of fused-ring (bicyclic) bond motifs is 1. The molecule has 0 bridgehead atoms. The van der Waals surface area contributed by atoms with E-state index in [1.165, 1.54) is 10.8 Å². The van der Waals surface area contributed by atoms with Gasteiger partial charge in [0.15, 0.2) is 0 Å². The lowest BCUT2D eigenvalue weighted by atomic mass is 10.1. The number of hydrogen-bond acceptors (Lipinski definition) is 3. The summed E-state index contributed by atoms with van der Waals surface area (Å²) in [4.78, 5) is 2.48. The molecule has 1 saturated heterocycles. The van der Waals surface area contributed by atoms with Crippen molar-refractivity contribution in [1.29, 1.82) is 0 Å². The third kappa shape index (κ3) is 3.11. The fraction of sp³-hybridized carbons (Fsp3) is 0.412. The van der Waals surface area contributed by atoms with Gasteiger partial charge in [-0.1, -0.05) is 30.3 Å². The highest BCUT2D eigenvalue weighted by Gasteiger charge is 2.17. The number of benzene rings is 2. The summed E-state index contributed by atoms with van der Waals surface area (Å²) in [6.45, 7) is 7.29. The molecule has 0 radical (unpaired) electrons. The van der Waals surface area contributed by atoms with Crippen LogP contribution in [-0.4, -0.2) is 43.7 Å². The molecule has 1 atom stereocenters. The number of nitrogens with zero attached hydrogens (tertiary/aromatic N) is 1. The van der Waals surface area contributed by atoms with Crippen LogP contribution >= 0.6 is 0 Å². The number of nitrogens with one attached hydrogen (secondary N) is 1. The zero-order valence-electron chi connectivity index (χ0n) is 12.0. The molecule has 0 spiro atoms. The van der Waals surface area contributed by atoms with Gasteiger partial charge in [0.05, 0.1) is 0 Å². The molecule has 1 fully saturated rings. The Morgan fingerprint density at radius 2 is 2.05 bits per heavy atom. The maximum Gasteiger partial charge on any atom is 0.120 e. The molecule has 1 unspecified atom stereocenters. The molecule has 3 heteroatoms. The molecule has 20 heavy (non-hydrogen) atoms. The van der Waals surface area contributed by atoms with E-state index in [1.807, 2.05) is 0 Å². The molecule has 1 aliphatic rings. The minimum atomic E-state index is 0.601. The number of ether oxygens (including phenoxy) is 1. The van der Waals surface area contributed by atoms with Crippen LogP contribution in [0.2, 0.25) is 0 Å². The molecule has 2 aromatic rings. The fourth-order valence-electron chi connectivity index (χ4n) is 2.75. The van der Waals surface area contributed by atoms with E-state index in [2.05, 4.69) is 59.6 Å². The van der Waals surface area contributed by atoms with Gasteiger partial charge in [-0.2, -0.15) is 0 Å². The van der Waals surface area contributed by atoms with Gasteiger partial charge in [0, 0.05) is 32.2 Å². The minimum Gasteiger partial charge on any atom is -0.492 e. The number of piperazine rings is 1. The molecule has 106 valence electrons. The van der Waals surface area contributed by atoms with Crippen molar-refractivity contribution in [2.24, 2.45) is 0 Å².